The van der Waals surface area contributed by atoms with Gasteiger partial charge in [0.05, 0.1) is 11.8 Å². The molecular weight excluding hydrogens is 362 g/mol. The lowest BCUT2D eigenvalue weighted by atomic mass is 10.1. The average molecular weight is 383 g/mol. The van der Waals surface area contributed by atoms with E-state index in [0.29, 0.717) is 24.6 Å². The molecule has 0 saturated carbocycles. The van der Waals surface area contributed by atoms with E-state index in [9.17, 15) is 4.79 Å². The second kappa shape index (κ2) is 7.98. The number of nitrogens with zero attached hydrogens (tertiary/aromatic N) is 4. The number of thioether (sulfide) groups is 1. The summed E-state index contributed by atoms with van der Waals surface area (Å²) in [5.74, 6) is 1.69. The van der Waals surface area contributed by atoms with Crippen molar-refractivity contribution < 1.29 is 9.21 Å². The van der Waals surface area contributed by atoms with E-state index in [1.807, 2.05) is 47.1 Å². The summed E-state index contributed by atoms with van der Waals surface area (Å²) in [7, 11) is 1.95. The number of aromatic nitrogens is 3. The number of hydrogen-bond acceptors (Lipinski definition) is 6. The van der Waals surface area contributed by atoms with Crippen LogP contribution in [0.4, 0.5) is 0 Å². The van der Waals surface area contributed by atoms with Crippen LogP contribution in [0.25, 0.3) is 0 Å². The van der Waals surface area contributed by atoms with Gasteiger partial charge in [0.1, 0.15) is 5.76 Å². The summed E-state index contributed by atoms with van der Waals surface area (Å²) in [6.45, 7) is 2.11. The predicted molar refractivity (Wildman–Crippen MR) is 102 cm³/mol. The SMILES string of the molecule is Cn1ccnc1SCc1ccc(C(=O)N2CCNCC2c2cccnc2)o1. The first kappa shape index (κ1) is 17.8. The molecule has 1 amide bonds. The highest BCUT2D eigenvalue weighted by Gasteiger charge is 2.30. The second-order valence-electron chi connectivity index (χ2n) is 6.38. The van der Waals surface area contributed by atoms with Crippen LogP contribution in [0.5, 0.6) is 0 Å². The molecule has 1 N–H and O–H groups in total. The first-order chi connectivity index (χ1) is 13.2. The van der Waals surface area contributed by atoms with Gasteiger partial charge in [-0.05, 0) is 23.8 Å². The number of piperazine rings is 1. The van der Waals surface area contributed by atoms with Gasteiger partial charge >= 0.3 is 0 Å². The van der Waals surface area contributed by atoms with Crippen molar-refractivity contribution in [2.45, 2.75) is 17.0 Å². The normalized spacial score (nSPS) is 17.2. The number of pyridine rings is 1. The highest BCUT2D eigenvalue weighted by molar-refractivity contribution is 7.98. The van der Waals surface area contributed by atoms with Crippen molar-refractivity contribution in [1.29, 1.82) is 0 Å². The fraction of sp³-hybridized carbons (Fsp3) is 0.316. The molecule has 1 unspecified atom stereocenters. The highest BCUT2D eigenvalue weighted by atomic mass is 32.2. The Balaban J connectivity index is 1.47. The smallest absolute Gasteiger partial charge is 0.290 e. The van der Waals surface area contributed by atoms with E-state index in [0.717, 1.165) is 23.0 Å². The van der Waals surface area contributed by atoms with Gasteiger partial charge in [-0.3, -0.25) is 9.78 Å². The summed E-state index contributed by atoms with van der Waals surface area (Å²) in [6, 6.07) is 7.48. The van der Waals surface area contributed by atoms with Crippen LogP contribution in [0.2, 0.25) is 0 Å². The summed E-state index contributed by atoms with van der Waals surface area (Å²) in [5, 5.41) is 4.27. The predicted octanol–water partition coefficient (Wildman–Crippen LogP) is 2.49. The highest BCUT2D eigenvalue weighted by Crippen LogP contribution is 2.26. The number of aryl methyl sites for hydroxylation is 1. The molecule has 3 aromatic heterocycles. The monoisotopic (exact) mass is 383 g/mol. The lowest BCUT2D eigenvalue weighted by molar-refractivity contribution is 0.0600. The average Bonchev–Trinajstić information content (AvgIpc) is 3.35. The molecule has 1 aliphatic heterocycles. The molecular formula is C19H21N5O2S. The summed E-state index contributed by atoms with van der Waals surface area (Å²) < 4.78 is 7.79. The standard InChI is InChI=1S/C19H21N5O2S/c1-23-9-8-22-19(23)27-13-15-4-5-17(26-15)18(25)24-10-7-21-12-16(24)14-3-2-6-20-11-14/h2-6,8-9,11,16,21H,7,10,12-13H2,1H3. The van der Waals surface area contributed by atoms with Gasteiger partial charge in [-0.2, -0.15) is 0 Å². The van der Waals surface area contributed by atoms with Gasteiger partial charge in [0, 0.05) is 51.5 Å². The molecule has 0 bridgehead atoms. The fourth-order valence-electron chi connectivity index (χ4n) is 3.16. The maximum absolute atomic E-state index is 13.0. The number of imidazole rings is 1. The fourth-order valence-corrected chi connectivity index (χ4v) is 3.98. The third-order valence-electron chi connectivity index (χ3n) is 4.57. The van der Waals surface area contributed by atoms with Crippen LogP contribution in [0, 0.1) is 0 Å². The van der Waals surface area contributed by atoms with E-state index in [4.69, 9.17) is 4.42 Å². The molecule has 140 valence electrons. The van der Waals surface area contributed by atoms with Crippen LogP contribution in [0.15, 0.2) is 58.6 Å². The van der Waals surface area contributed by atoms with Gasteiger partial charge in [-0.15, -0.1) is 0 Å². The third kappa shape index (κ3) is 3.91. The minimum absolute atomic E-state index is 0.0459. The van der Waals surface area contributed by atoms with Crippen molar-refractivity contribution in [1.82, 2.24) is 24.8 Å². The molecule has 4 rings (SSSR count). The molecule has 3 aromatic rings. The van der Waals surface area contributed by atoms with E-state index in [1.165, 1.54) is 0 Å². The molecule has 1 fully saturated rings. The number of carbonyl (C=O) groups is 1. The Bertz CT molecular complexity index is 908. The zero-order chi connectivity index (χ0) is 18.6. The Morgan fingerprint density at radius 1 is 1.37 bits per heavy atom. The van der Waals surface area contributed by atoms with E-state index < -0.39 is 0 Å². The first-order valence-electron chi connectivity index (χ1n) is 8.83. The molecule has 0 aromatic carbocycles. The van der Waals surface area contributed by atoms with E-state index >= 15 is 0 Å². The van der Waals surface area contributed by atoms with Gasteiger partial charge in [-0.1, -0.05) is 17.8 Å². The number of rotatable bonds is 5. The molecule has 0 radical (unpaired) electrons. The van der Waals surface area contributed by atoms with Crippen LogP contribution < -0.4 is 5.32 Å². The zero-order valence-corrected chi connectivity index (χ0v) is 15.9. The Hall–Kier alpha value is -2.58. The Morgan fingerprint density at radius 3 is 3.07 bits per heavy atom. The van der Waals surface area contributed by atoms with Gasteiger partial charge in [0.25, 0.3) is 5.91 Å². The van der Waals surface area contributed by atoms with Crippen molar-refractivity contribution >= 4 is 17.7 Å². The Morgan fingerprint density at radius 2 is 2.30 bits per heavy atom. The first-order valence-corrected chi connectivity index (χ1v) is 9.81. The molecule has 4 heterocycles. The summed E-state index contributed by atoms with van der Waals surface area (Å²) in [4.78, 5) is 23.4. The minimum atomic E-state index is -0.0846. The minimum Gasteiger partial charge on any atom is -0.455 e. The van der Waals surface area contributed by atoms with Crippen molar-refractivity contribution in [3.8, 4) is 0 Å². The Labute approximate surface area is 161 Å². The summed E-state index contributed by atoms with van der Waals surface area (Å²) in [6.07, 6.45) is 7.23. The van der Waals surface area contributed by atoms with Crippen LogP contribution in [0.1, 0.15) is 27.9 Å². The van der Waals surface area contributed by atoms with Gasteiger partial charge < -0.3 is 19.2 Å². The molecule has 1 saturated heterocycles. The van der Waals surface area contributed by atoms with Crippen LogP contribution >= 0.6 is 11.8 Å². The molecule has 27 heavy (non-hydrogen) atoms. The molecule has 0 spiro atoms. The number of nitrogens with one attached hydrogen (secondary N) is 1. The van der Waals surface area contributed by atoms with Crippen molar-refractivity contribution in [3.63, 3.8) is 0 Å². The second-order valence-corrected chi connectivity index (χ2v) is 7.32. The lowest BCUT2D eigenvalue weighted by Crippen LogP contribution is -2.48. The molecule has 0 aliphatic carbocycles. The molecule has 7 nitrogen and oxygen atoms in total. The Kier molecular flexibility index (Phi) is 5.26. The number of amides is 1. The van der Waals surface area contributed by atoms with Gasteiger partial charge in [-0.25, -0.2) is 4.98 Å². The lowest BCUT2D eigenvalue weighted by Gasteiger charge is -2.35. The van der Waals surface area contributed by atoms with Crippen LogP contribution in [-0.2, 0) is 12.8 Å². The molecule has 8 heteroatoms. The van der Waals surface area contributed by atoms with Crippen LogP contribution in [-0.4, -0.2) is 45.0 Å². The number of carbonyl (C=O) groups excluding carboxylic acids is 1. The van der Waals surface area contributed by atoms with Crippen molar-refractivity contribution in [2.75, 3.05) is 19.6 Å². The van der Waals surface area contributed by atoms with Crippen LogP contribution in [0.3, 0.4) is 0 Å². The van der Waals surface area contributed by atoms with Crippen molar-refractivity contribution in [2.24, 2.45) is 7.05 Å². The maximum Gasteiger partial charge on any atom is 0.290 e. The zero-order valence-electron chi connectivity index (χ0n) is 15.0. The maximum atomic E-state index is 13.0. The molecule has 1 atom stereocenters. The van der Waals surface area contributed by atoms with E-state index in [-0.39, 0.29) is 11.9 Å². The number of furan rings is 1. The van der Waals surface area contributed by atoms with Crippen molar-refractivity contribution in [3.05, 3.63) is 66.1 Å². The third-order valence-corrected chi connectivity index (χ3v) is 5.65. The summed E-state index contributed by atoms with van der Waals surface area (Å²) >= 11 is 1.58. The quantitative estimate of drug-likeness (QED) is 0.682. The number of hydrogen-bond donors (Lipinski definition) is 1. The van der Waals surface area contributed by atoms with E-state index in [1.54, 1.807) is 30.2 Å². The summed E-state index contributed by atoms with van der Waals surface area (Å²) in [5.41, 5.74) is 1.02. The van der Waals surface area contributed by atoms with Gasteiger partial charge in [0.2, 0.25) is 0 Å². The largest absolute Gasteiger partial charge is 0.455 e. The van der Waals surface area contributed by atoms with Gasteiger partial charge in [0.15, 0.2) is 10.9 Å². The topological polar surface area (TPSA) is 76.2 Å². The van der Waals surface area contributed by atoms with E-state index in [2.05, 4.69) is 15.3 Å². The molecule has 1 aliphatic rings.